The Balaban J connectivity index is 1.25. The van der Waals surface area contributed by atoms with Crippen molar-refractivity contribution in [1.29, 1.82) is 0 Å². The second kappa shape index (κ2) is 6.58. The molecule has 130 valence electrons. The van der Waals surface area contributed by atoms with Crippen LogP contribution in [0.3, 0.4) is 0 Å². The van der Waals surface area contributed by atoms with Crippen LogP contribution in [0.1, 0.15) is 19.3 Å². The molecule has 2 aliphatic rings. The number of benzene rings is 1. The molecule has 2 N–H and O–H groups in total. The van der Waals surface area contributed by atoms with E-state index in [9.17, 15) is 9.59 Å². The lowest BCUT2D eigenvalue weighted by Crippen LogP contribution is -2.34. The van der Waals surface area contributed by atoms with Crippen molar-refractivity contribution in [3.05, 3.63) is 36.7 Å². The molecular weight excluding hydrogens is 320 g/mol. The van der Waals surface area contributed by atoms with Gasteiger partial charge in [0.05, 0.1) is 6.20 Å². The van der Waals surface area contributed by atoms with E-state index < -0.39 is 0 Å². The van der Waals surface area contributed by atoms with Crippen LogP contribution in [0, 0.1) is 5.92 Å². The Morgan fingerprint density at radius 1 is 1.28 bits per heavy atom. The molecule has 0 bridgehead atoms. The number of rotatable bonds is 5. The number of hydrogen-bond acceptors (Lipinski definition) is 4. The number of amides is 3. The lowest BCUT2D eigenvalue weighted by Gasteiger charge is -2.15. The summed E-state index contributed by atoms with van der Waals surface area (Å²) in [5.74, 6) is 0.963. The van der Waals surface area contributed by atoms with Crippen molar-refractivity contribution < 1.29 is 14.0 Å². The maximum atomic E-state index is 12.0. The van der Waals surface area contributed by atoms with E-state index >= 15 is 0 Å². The van der Waals surface area contributed by atoms with Gasteiger partial charge in [-0.2, -0.15) is 0 Å². The Morgan fingerprint density at radius 2 is 2.08 bits per heavy atom. The number of likely N-dealkylation sites (tertiary alicyclic amines) is 1. The highest BCUT2D eigenvalue weighted by Crippen LogP contribution is 2.32. The minimum atomic E-state index is -0.263. The minimum Gasteiger partial charge on any atom is -0.445 e. The Kier molecular flexibility index (Phi) is 4.13. The molecule has 4 rings (SSSR count). The van der Waals surface area contributed by atoms with Gasteiger partial charge in [0.15, 0.2) is 0 Å². The van der Waals surface area contributed by atoms with E-state index in [2.05, 4.69) is 15.6 Å². The van der Waals surface area contributed by atoms with E-state index in [1.807, 2.05) is 17.0 Å². The van der Waals surface area contributed by atoms with Gasteiger partial charge in [-0.05, 0) is 37.1 Å². The molecule has 1 aliphatic carbocycles. The number of urea groups is 1. The smallest absolute Gasteiger partial charge is 0.319 e. The molecule has 3 amide bonds. The standard InChI is InChI=1S/C18H20N4O3/c23-16-9-12(11-22(16)15-5-6-15)10-20-18(24)21-14-3-1-13(2-4-14)17-19-7-8-25-17/h1-4,7-8,12,15H,5-6,9-11H2,(H2,20,21,24). The molecule has 1 saturated carbocycles. The zero-order valence-electron chi connectivity index (χ0n) is 13.8. The van der Waals surface area contributed by atoms with Crippen molar-refractivity contribution in [2.45, 2.75) is 25.3 Å². The zero-order valence-corrected chi connectivity index (χ0v) is 13.8. The van der Waals surface area contributed by atoms with E-state index in [1.165, 1.54) is 6.26 Å². The Bertz CT molecular complexity index is 753. The molecule has 25 heavy (non-hydrogen) atoms. The Morgan fingerprint density at radius 3 is 2.76 bits per heavy atom. The maximum Gasteiger partial charge on any atom is 0.319 e. The molecule has 2 fully saturated rings. The largest absolute Gasteiger partial charge is 0.445 e. The van der Waals surface area contributed by atoms with Crippen molar-refractivity contribution in [2.24, 2.45) is 5.92 Å². The SMILES string of the molecule is O=C(NCC1CC(=O)N(C2CC2)C1)Nc1ccc(-c2ncco2)cc1. The summed E-state index contributed by atoms with van der Waals surface area (Å²) in [6.07, 6.45) is 5.88. The second-order valence-corrected chi connectivity index (χ2v) is 6.60. The van der Waals surface area contributed by atoms with Gasteiger partial charge in [-0.15, -0.1) is 0 Å². The molecule has 7 heteroatoms. The molecular formula is C18H20N4O3. The van der Waals surface area contributed by atoms with Crippen LogP contribution in [0.4, 0.5) is 10.5 Å². The summed E-state index contributed by atoms with van der Waals surface area (Å²) in [6, 6.07) is 7.46. The second-order valence-electron chi connectivity index (χ2n) is 6.60. The summed E-state index contributed by atoms with van der Waals surface area (Å²) in [5, 5.41) is 5.65. The molecule has 1 unspecified atom stereocenters. The fourth-order valence-corrected chi connectivity index (χ4v) is 3.16. The molecule has 0 radical (unpaired) electrons. The van der Waals surface area contributed by atoms with Crippen LogP contribution in [0.15, 0.2) is 41.1 Å². The molecule has 2 aromatic rings. The van der Waals surface area contributed by atoms with Gasteiger partial charge in [-0.1, -0.05) is 0 Å². The van der Waals surface area contributed by atoms with Crippen LogP contribution in [0.25, 0.3) is 11.5 Å². The van der Waals surface area contributed by atoms with Gasteiger partial charge >= 0.3 is 6.03 Å². The average Bonchev–Trinajstić information content (AvgIpc) is 3.16. The van der Waals surface area contributed by atoms with Gasteiger partial charge in [0, 0.05) is 42.7 Å². The van der Waals surface area contributed by atoms with E-state index in [-0.39, 0.29) is 17.9 Å². The summed E-state index contributed by atoms with van der Waals surface area (Å²) in [6.45, 7) is 1.27. The van der Waals surface area contributed by atoms with Gasteiger partial charge in [-0.25, -0.2) is 9.78 Å². The average molecular weight is 340 g/mol. The summed E-state index contributed by atoms with van der Waals surface area (Å²) in [5.41, 5.74) is 1.54. The fraction of sp³-hybridized carbons (Fsp3) is 0.389. The highest BCUT2D eigenvalue weighted by Gasteiger charge is 2.39. The highest BCUT2D eigenvalue weighted by molar-refractivity contribution is 5.89. The molecule has 1 aliphatic heterocycles. The number of anilines is 1. The lowest BCUT2D eigenvalue weighted by atomic mass is 10.1. The quantitative estimate of drug-likeness (QED) is 0.875. The van der Waals surface area contributed by atoms with Crippen LogP contribution in [0.2, 0.25) is 0 Å². The normalized spacial score (nSPS) is 19.9. The third-order valence-electron chi connectivity index (χ3n) is 4.60. The number of oxazole rings is 1. The first-order valence-electron chi connectivity index (χ1n) is 8.53. The van der Waals surface area contributed by atoms with Crippen LogP contribution in [-0.2, 0) is 4.79 Å². The molecule has 1 saturated heterocycles. The van der Waals surface area contributed by atoms with Crippen LogP contribution in [-0.4, -0.2) is 41.0 Å². The van der Waals surface area contributed by atoms with Gasteiger partial charge in [0.2, 0.25) is 11.8 Å². The van der Waals surface area contributed by atoms with E-state index in [4.69, 9.17) is 4.42 Å². The van der Waals surface area contributed by atoms with Crippen molar-refractivity contribution >= 4 is 17.6 Å². The van der Waals surface area contributed by atoms with Crippen molar-refractivity contribution in [3.8, 4) is 11.5 Å². The van der Waals surface area contributed by atoms with Gasteiger partial charge < -0.3 is 20.0 Å². The van der Waals surface area contributed by atoms with Gasteiger partial charge in [-0.3, -0.25) is 4.79 Å². The third-order valence-corrected chi connectivity index (χ3v) is 4.60. The molecule has 1 aromatic carbocycles. The maximum absolute atomic E-state index is 12.0. The first-order chi connectivity index (χ1) is 12.2. The van der Waals surface area contributed by atoms with Crippen molar-refractivity contribution in [1.82, 2.24) is 15.2 Å². The topological polar surface area (TPSA) is 87.5 Å². The fourth-order valence-electron chi connectivity index (χ4n) is 3.16. The molecule has 2 heterocycles. The highest BCUT2D eigenvalue weighted by atomic mass is 16.3. The molecule has 1 atom stereocenters. The first kappa shape index (κ1) is 15.7. The van der Waals surface area contributed by atoms with Crippen LogP contribution in [0.5, 0.6) is 0 Å². The summed E-state index contributed by atoms with van der Waals surface area (Å²) in [7, 11) is 0. The van der Waals surface area contributed by atoms with Gasteiger partial charge in [0.25, 0.3) is 0 Å². The number of nitrogens with zero attached hydrogens (tertiary/aromatic N) is 2. The monoisotopic (exact) mass is 340 g/mol. The third kappa shape index (κ3) is 3.65. The van der Waals surface area contributed by atoms with Crippen LogP contribution < -0.4 is 10.6 Å². The van der Waals surface area contributed by atoms with E-state index in [0.29, 0.717) is 30.6 Å². The predicted octanol–water partition coefficient (Wildman–Crippen LogP) is 2.47. The molecule has 0 spiro atoms. The van der Waals surface area contributed by atoms with Crippen molar-refractivity contribution in [3.63, 3.8) is 0 Å². The van der Waals surface area contributed by atoms with Gasteiger partial charge in [0.1, 0.15) is 6.26 Å². The first-order valence-corrected chi connectivity index (χ1v) is 8.53. The molecule has 1 aromatic heterocycles. The van der Waals surface area contributed by atoms with Crippen LogP contribution >= 0.6 is 0 Å². The number of nitrogens with one attached hydrogen (secondary N) is 2. The lowest BCUT2D eigenvalue weighted by molar-refractivity contribution is -0.128. The number of hydrogen-bond donors (Lipinski definition) is 2. The minimum absolute atomic E-state index is 0.200. The Labute approximate surface area is 145 Å². The van der Waals surface area contributed by atoms with Crippen molar-refractivity contribution in [2.75, 3.05) is 18.4 Å². The number of aromatic nitrogens is 1. The number of carbonyl (C=O) groups is 2. The summed E-state index contributed by atoms with van der Waals surface area (Å²) in [4.78, 5) is 30.0. The summed E-state index contributed by atoms with van der Waals surface area (Å²) < 4.78 is 5.23. The van der Waals surface area contributed by atoms with E-state index in [1.54, 1.807) is 18.3 Å². The predicted molar refractivity (Wildman–Crippen MR) is 91.8 cm³/mol. The molecule has 7 nitrogen and oxygen atoms in total. The number of carbonyl (C=O) groups excluding carboxylic acids is 2. The zero-order chi connectivity index (χ0) is 17.2. The Hall–Kier alpha value is -2.83. The van der Waals surface area contributed by atoms with E-state index in [0.717, 1.165) is 24.9 Å². The summed E-state index contributed by atoms with van der Waals surface area (Å²) >= 11 is 0.